The summed E-state index contributed by atoms with van der Waals surface area (Å²) in [6.07, 6.45) is -2.29. The zero-order chi connectivity index (χ0) is 32.7. The van der Waals surface area contributed by atoms with Gasteiger partial charge in [0, 0.05) is 29.6 Å². The largest absolute Gasteiger partial charge is 0.494 e. The van der Waals surface area contributed by atoms with Crippen LogP contribution in [-0.4, -0.2) is 73.9 Å². The van der Waals surface area contributed by atoms with Crippen LogP contribution in [0.4, 0.5) is 32.2 Å². The number of aromatic nitrogens is 4. The SMILES string of the molecule is CCOc1ccc2nc(-c3cc(-c4cnn(C5CCNCC5)c4)cnc3N)oc2c1.O=C(O)C(F)(F)F.O=C(O)C(F)(F)F. The number of alkyl halides is 6. The first kappa shape index (κ1) is 33.6. The number of rotatable bonds is 5. The maximum Gasteiger partial charge on any atom is 0.490 e. The van der Waals surface area contributed by atoms with Gasteiger partial charge in [0.05, 0.1) is 24.4 Å². The van der Waals surface area contributed by atoms with Gasteiger partial charge in [-0.2, -0.15) is 31.4 Å². The highest BCUT2D eigenvalue weighted by atomic mass is 19.4. The number of hydrogen-bond acceptors (Lipinski definition) is 9. The molecule has 5 N–H and O–H groups in total. The molecule has 1 aromatic carbocycles. The van der Waals surface area contributed by atoms with Gasteiger partial charge in [-0.05, 0) is 51.1 Å². The zero-order valence-corrected chi connectivity index (χ0v) is 22.8. The lowest BCUT2D eigenvalue weighted by atomic mass is 10.1. The molecule has 18 heteroatoms. The summed E-state index contributed by atoms with van der Waals surface area (Å²) in [7, 11) is 0. The van der Waals surface area contributed by atoms with E-state index in [9.17, 15) is 26.3 Å². The van der Waals surface area contributed by atoms with E-state index in [2.05, 4.69) is 31.3 Å². The smallest absolute Gasteiger partial charge is 0.490 e. The molecule has 0 aliphatic carbocycles. The zero-order valence-electron chi connectivity index (χ0n) is 22.8. The van der Waals surface area contributed by atoms with Crippen LogP contribution in [-0.2, 0) is 9.59 Å². The number of anilines is 1. The number of carbonyl (C=O) groups is 2. The van der Waals surface area contributed by atoms with Gasteiger partial charge in [0.1, 0.15) is 17.1 Å². The number of halogens is 6. The Kier molecular flexibility index (Phi) is 10.8. The van der Waals surface area contributed by atoms with Gasteiger partial charge in [0.2, 0.25) is 5.89 Å². The highest BCUT2D eigenvalue weighted by Crippen LogP contribution is 2.33. The Bertz CT molecular complexity index is 1560. The predicted molar refractivity (Wildman–Crippen MR) is 143 cm³/mol. The van der Waals surface area contributed by atoms with E-state index in [0.717, 1.165) is 48.3 Å². The van der Waals surface area contributed by atoms with Crippen molar-refractivity contribution < 1.29 is 55.3 Å². The number of oxazole rings is 1. The Morgan fingerprint density at radius 1 is 1.05 bits per heavy atom. The minimum atomic E-state index is -5.08. The van der Waals surface area contributed by atoms with Crippen LogP contribution < -0.4 is 15.8 Å². The molecule has 0 radical (unpaired) electrons. The number of nitrogens with two attached hydrogens (primary N) is 1. The summed E-state index contributed by atoms with van der Waals surface area (Å²) in [6.45, 7) is 4.59. The van der Waals surface area contributed by atoms with Crippen molar-refractivity contribution in [3.8, 4) is 28.3 Å². The van der Waals surface area contributed by atoms with Gasteiger partial charge in [-0.1, -0.05) is 0 Å². The predicted octanol–water partition coefficient (Wildman–Crippen LogP) is 4.93. The van der Waals surface area contributed by atoms with Crippen molar-refractivity contribution in [1.82, 2.24) is 25.1 Å². The molecule has 4 aromatic rings. The van der Waals surface area contributed by atoms with Crippen molar-refractivity contribution >= 4 is 28.9 Å². The lowest BCUT2D eigenvalue weighted by Gasteiger charge is -2.22. The van der Waals surface area contributed by atoms with Crippen molar-refractivity contribution in [3.63, 3.8) is 0 Å². The molecule has 1 aliphatic rings. The fourth-order valence-electron chi connectivity index (χ4n) is 3.84. The number of benzene rings is 1. The molecule has 0 spiro atoms. The third-order valence-electron chi connectivity index (χ3n) is 5.92. The molecule has 5 rings (SSSR count). The first-order valence-electron chi connectivity index (χ1n) is 12.7. The van der Waals surface area contributed by atoms with Crippen LogP contribution in [0, 0.1) is 0 Å². The standard InChI is InChI=1S/C22H24N6O2.2C2HF3O2/c1-2-29-17-3-4-19-20(10-17)30-22(27-19)18-9-14(11-25-21(18)23)15-12-26-28(13-15)16-5-7-24-8-6-16;2*3-2(4,5)1(6)7/h3-4,9-13,16,24H,2,5-8H2,1H3,(H2,23,25);2*(H,6,7). The van der Waals surface area contributed by atoms with E-state index in [1.54, 1.807) is 6.20 Å². The molecule has 238 valence electrons. The van der Waals surface area contributed by atoms with Gasteiger partial charge in [-0.25, -0.2) is 19.6 Å². The van der Waals surface area contributed by atoms with Gasteiger partial charge in [-0.3, -0.25) is 4.68 Å². The van der Waals surface area contributed by atoms with Crippen LogP contribution in [0.15, 0.2) is 47.3 Å². The summed E-state index contributed by atoms with van der Waals surface area (Å²) in [4.78, 5) is 26.8. The second kappa shape index (κ2) is 14.1. The number of nitrogens with zero attached hydrogens (tertiary/aromatic N) is 4. The average Bonchev–Trinajstić information content (AvgIpc) is 3.61. The average molecular weight is 633 g/mol. The van der Waals surface area contributed by atoms with E-state index >= 15 is 0 Å². The molecular formula is C26H26F6N6O6. The van der Waals surface area contributed by atoms with Crippen LogP contribution in [0.2, 0.25) is 0 Å². The van der Waals surface area contributed by atoms with Crippen LogP contribution in [0.5, 0.6) is 5.75 Å². The van der Waals surface area contributed by atoms with E-state index in [1.807, 2.05) is 37.4 Å². The Balaban J connectivity index is 0.000000317. The molecule has 0 amide bonds. The number of aliphatic carboxylic acids is 2. The van der Waals surface area contributed by atoms with Gasteiger partial charge in [0.25, 0.3) is 0 Å². The number of carboxylic acid groups (broad SMARTS) is 2. The van der Waals surface area contributed by atoms with Crippen molar-refractivity contribution in [2.24, 2.45) is 0 Å². The normalized spacial score (nSPS) is 13.8. The number of ether oxygens (including phenoxy) is 1. The molecule has 0 unspecified atom stereocenters. The second-order valence-corrected chi connectivity index (χ2v) is 9.03. The molecule has 1 fully saturated rings. The van der Waals surface area contributed by atoms with E-state index in [-0.39, 0.29) is 0 Å². The van der Waals surface area contributed by atoms with Crippen molar-refractivity contribution in [2.45, 2.75) is 38.2 Å². The van der Waals surface area contributed by atoms with Crippen molar-refractivity contribution in [2.75, 3.05) is 25.4 Å². The first-order valence-corrected chi connectivity index (χ1v) is 12.7. The molecule has 1 aliphatic heterocycles. The van der Waals surface area contributed by atoms with Crippen LogP contribution in [0.25, 0.3) is 33.7 Å². The molecular weight excluding hydrogens is 606 g/mol. The van der Waals surface area contributed by atoms with Gasteiger partial charge >= 0.3 is 24.3 Å². The first-order chi connectivity index (χ1) is 20.6. The lowest BCUT2D eigenvalue weighted by molar-refractivity contribution is -0.193. The van der Waals surface area contributed by atoms with Crippen LogP contribution in [0.3, 0.4) is 0 Å². The number of nitrogen functional groups attached to an aromatic ring is 1. The third-order valence-corrected chi connectivity index (χ3v) is 5.92. The Hall–Kier alpha value is -4.87. The number of carboxylic acids is 2. The summed E-state index contributed by atoms with van der Waals surface area (Å²) in [5.74, 6) is -3.95. The fourth-order valence-corrected chi connectivity index (χ4v) is 3.84. The molecule has 12 nitrogen and oxygen atoms in total. The molecule has 1 saturated heterocycles. The summed E-state index contributed by atoms with van der Waals surface area (Å²) >= 11 is 0. The van der Waals surface area contributed by atoms with Gasteiger partial charge in [0.15, 0.2) is 5.58 Å². The van der Waals surface area contributed by atoms with Gasteiger partial charge < -0.3 is 30.4 Å². The number of fused-ring (bicyclic) bond motifs is 1. The highest BCUT2D eigenvalue weighted by Gasteiger charge is 2.38. The van der Waals surface area contributed by atoms with E-state index in [0.29, 0.717) is 35.5 Å². The lowest BCUT2D eigenvalue weighted by Crippen LogP contribution is -2.29. The quantitative estimate of drug-likeness (QED) is 0.219. The Morgan fingerprint density at radius 2 is 1.66 bits per heavy atom. The number of hydrogen-bond donors (Lipinski definition) is 4. The molecule has 3 aromatic heterocycles. The van der Waals surface area contributed by atoms with Crippen molar-refractivity contribution in [1.29, 1.82) is 0 Å². The molecule has 0 bridgehead atoms. The van der Waals surface area contributed by atoms with E-state index < -0.39 is 24.3 Å². The van der Waals surface area contributed by atoms with E-state index in [1.165, 1.54) is 0 Å². The van der Waals surface area contributed by atoms with Crippen LogP contribution >= 0.6 is 0 Å². The summed E-state index contributed by atoms with van der Waals surface area (Å²) in [6, 6.07) is 7.99. The van der Waals surface area contributed by atoms with Crippen molar-refractivity contribution in [3.05, 3.63) is 42.9 Å². The number of piperidine rings is 1. The second-order valence-electron chi connectivity index (χ2n) is 9.03. The molecule has 0 atom stereocenters. The summed E-state index contributed by atoms with van der Waals surface area (Å²) < 4.78 is 77.0. The molecule has 0 saturated carbocycles. The molecule has 44 heavy (non-hydrogen) atoms. The Labute approximate surface area is 244 Å². The monoisotopic (exact) mass is 632 g/mol. The maximum absolute atomic E-state index is 10.6. The minimum absolute atomic E-state index is 0.376. The summed E-state index contributed by atoms with van der Waals surface area (Å²) in [5, 5.41) is 22.2. The van der Waals surface area contributed by atoms with Crippen LogP contribution in [0.1, 0.15) is 25.8 Å². The number of pyridine rings is 1. The Morgan fingerprint density at radius 3 is 2.23 bits per heavy atom. The number of nitrogens with one attached hydrogen (secondary N) is 1. The topological polar surface area (TPSA) is 179 Å². The van der Waals surface area contributed by atoms with Gasteiger partial charge in [-0.15, -0.1) is 0 Å². The molecule has 4 heterocycles. The third kappa shape index (κ3) is 9.06. The maximum atomic E-state index is 10.6. The highest BCUT2D eigenvalue weighted by molar-refractivity contribution is 5.81. The minimum Gasteiger partial charge on any atom is -0.494 e. The fraction of sp³-hybridized carbons (Fsp3) is 0.346. The van der Waals surface area contributed by atoms with E-state index in [4.69, 9.17) is 34.7 Å². The summed E-state index contributed by atoms with van der Waals surface area (Å²) in [5.41, 5.74) is 10.1.